The molecular weight excluding hydrogens is 289 g/mol. The molecular formula is C13H21F3N2O3. The maximum absolute atomic E-state index is 12.5. The molecule has 0 bridgehead atoms. The Hall–Kier alpha value is -1.47. The second kappa shape index (κ2) is 7.00. The van der Waals surface area contributed by atoms with Gasteiger partial charge in [0.1, 0.15) is 6.54 Å². The van der Waals surface area contributed by atoms with Gasteiger partial charge >= 0.3 is 18.2 Å². The lowest BCUT2D eigenvalue weighted by Crippen LogP contribution is -2.51. The van der Waals surface area contributed by atoms with Crippen molar-refractivity contribution < 1.29 is 27.9 Å². The zero-order valence-electron chi connectivity index (χ0n) is 12.1. The van der Waals surface area contributed by atoms with Crippen molar-refractivity contribution in [3.05, 3.63) is 0 Å². The van der Waals surface area contributed by atoms with Crippen LogP contribution >= 0.6 is 0 Å². The lowest BCUT2D eigenvalue weighted by atomic mass is 9.86. The van der Waals surface area contributed by atoms with Crippen LogP contribution in [0.15, 0.2) is 0 Å². The van der Waals surface area contributed by atoms with Gasteiger partial charge in [-0.25, -0.2) is 4.79 Å². The summed E-state index contributed by atoms with van der Waals surface area (Å²) >= 11 is 0. The van der Waals surface area contributed by atoms with Crippen molar-refractivity contribution in [3.63, 3.8) is 0 Å². The van der Waals surface area contributed by atoms with E-state index in [9.17, 15) is 22.8 Å². The molecule has 1 aliphatic rings. The van der Waals surface area contributed by atoms with Gasteiger partial charge in [0.15, 0.2) is 0 Å². The maximum atomic E-state index is 12.5. The zero-order chi connectivity index (χ0) is 16.2. The highest BCUT2D eigenvalue weighted by atomic mass is 19.4. The number of urea groups is 1. The number of carbonyl (C=O) groups excluding carboxylic acids is 1. The normalized spacial score (nSPS) is 23.0. The number of rotatable bonds is 4. The first-order chi connectivity index (χ1) is 9.60. The van der Waals surface area contributed by atoms with Gasteiger partial charge in [-0.15, -0.1) is 0 Å². The topological polar surface area (TPSA) is 69.6 Å². The molecule has 1 rings (SSSR count). The summed E-state index contributed by atoms with van der Waals surface area (Å²) in [6.07, 6.45) is -2.63. The molecule has 0 aromatic carbocycles. The minimum Gasteiger partial charge on any atom is -0.481 e. The first kappa shape index (κ1) is 17.6. The van der Waals surface area contributed by atoms with Gasteiger partial charge in [-0.05, 0) is 39.5 Å². The molecule has 0 saturated heterocycles. The number of nitrogens with one attached hydrogen (secondary N) is 1. The summed E-state index contributed by atoms with van der Waals surface area (Å²) in [5.41, 5.74) is 0. The smallest absolute Gasteiger partial charge is 0.406 e. The average molecular weight is 310 g/mol. The third-order valence-corrected chi connectivity index (χ3v) is 3.64. The fraction of sp³-hybridized carbons (Fsp3) is 0.846. The Morgan fingerprint density at radius 2 is 1.76 bits per heavy atom. The fourth-order valence-electron chi connectivity index (χ4n) is 2.42. The van der Waals surface area contributed by atoms with Crippen LogP contribution in [0, 0.1) is 5.92 Å². The Morgan fingerprint density at radius 1 is 1.24 bits per heavy atom. The predicted molar refractivity (Wildman–Crippen MR) is 69.8 cm³/mol. The van der Waals surface area contributed by atoms with E-state index in [1.54, 1.807) is 0 Å². The van der Waals surface area contributed by atoms with E-state index in [0.717, 1.165) is 4.90 Å². The molecule has 0 aromatic rings. The van der Waals surface area contributed by atoms with Crippen LogP contribution < -0.4 is 5.32 Å². The highest BCUT2D eigenvalue weighted by Crippen LogP contribution is 2.25. The third kappa shape index (κ3) is 5.81. The lowest BCUT2D eigenvalue weighted by molar-refractivity contribution is -0.144. The first-order valence-corrected chi connectivity index (χ1v) is 6.97. The molecule has 2 amide bonds. The lowest BCUT2D eigenvalue weighted by Gasteiger charge is -2.32. The number of halogens is 3. The van der Waals surface area contributed by atoms with E-state index >= 15 is 0 Å². The number of hydrogen-bond acceptors (Lipinski definition) is 2. The predicted octanol–water partition coefficient (Wildman–Crippen LogP) is 2.61. The number of carboxylic acid groups (broad SMARTS) is 1. The third-order valence-electron chi connectivity index (χ3n) is 3.64. The second-order valence-electron chi connectivity index (χ2n) is 5.67. The number of alkyl halides is 3. The molecule has 0 unspecified atom stereocenters. The van der Waals surface area contributed by atoms with Crippen molar-refractivity contribution in [2.75, 3.05) is 6.54 Å². The molecule has 0 aliphatic heterocycles. The molecule has 0 heterocycles. The number of carboxylic acids is 1. The number of amides is 2. The molecule has 2 N–H and O–H groups in total. The van der Waals surface area contributed by atoms with Crippen LogP contribution in [0.4, 0.5) is 18.0 Å². The van der Waals surface area contributed by atoms with E-state index < -0.39 is 36.7 Å². The van der Waals surface area contributed by atoms with Gasteiger partial charge in [0.2, 0.25) is 0 Å². The standard InChI is InChI=1S/C13H21F3N2O3/c1-8(2)18(7-13(14,15)16)12(21)17-10-5-3-9(4-6-10)11(19)20/h8-10H,3-7H2,1-2H3,(H,17,21)(H,19,20). The molecule has 1 saturated carbocycles. The van der Waals surface area contributed by atoms with Crippen molar-refractivity contribution in [1.29, 1.82) is 0 Å². The van der Waals surface area contributed by atoms with Crippen LogP contribution in [-0.4, -0.2) is 46.8 Å². The van der Waals surface area contributed by atoms with Crippen molar-refractivity contribution in [2.24, 2.45) is 5.92 Å². The minimum atomic E-state index is -4.44. The summed E-state index contributed by atoms with van der Waals surface area (Å²) < 4.78 is 37.4. The fourth-order valence-corrected chi connectivity index (χ4v) is 2.42. The van der Waals surface area contributed by atoms with Crippen molar-refractivity contribution in [2.45, 2.75) is 57.8 Å². The molecule has 1 aliphatic carbocycles. The monoisotopic (exact) mass is 310 g/mol. The molecule has 0 atom stereocenters. The van der Waals surface area contributed by atoms with Crippen LogP contribution in [0.1, 0.15) is 39.5 Å². The summed E-state index contributed by atoms with van der Waals surface area (Å²) in [4.78, 5) is 23.5. The molecule has 0 radical (unpaired) electrons. The summed E-state index contributed by atoms with van der Waals surface area (Å²) in [6, 6.07) is -1.58. The Bertz CT molecular complexity index is 377. The summed E-state index contributed by atoms with van der Waals surface area (Å²) in [6.45, 7) is 1.75. The van der Waals surface area contributed by atoms with Crippen LogP contribution in [0.5, 0.6) is 0 Å². The Labute approximate surface area is 121 Å². The van der Waals surface area contributed by atoms with Crippen molar-refractivity contribution in [3.8, 4) is 0 Å². The summed E-state index contributed by atoms with van der Waals surface area (Å²) in [5, 5.41) is 11.5. The molecule has 5 nitrogen and oxygen atoms in total. The molecule has 0 aromatic heterocycles. The molecule has 8 heteroatoms. The van der Waals surface area contributed by atoms with E-state index in [1.165, 1.54) is 13.8 Å². The van der Waals surface area contributed by atoms with Gasteiger partial charge in [-0.2, -0.15) is 13.2 Å². The van der Waals surface area contributed by atoms with Crippen LogP contribution in [0.2, 0.25) is 0 Å². The Kier molecular flexibility index (Phi) is 5.86. The average Bonchev–Trinajstić information content (AvgIpc) is 2.35. The zero-order valence-corrected chi connectivity index (χ0v) is 12.1. The highest BCUT2D eigenvalue weighted by Gasteiger charge is 2.35. The second-order valence-corrected chi connectivity index (χ2v) is 5.67. The van der Waals surface area contributed by atoms with Gasteiger partial charge in [-0.1, -0.05) is 0 Å². The Morgan fingerprint density at radius 3 is 2.14 bits per heavy atom. The van der Waals surface area contributed by atoms with E-state index in [2.05, 4.69) is 5.32 Å². The number of hydrogen-bond donors (Lipinski definition) is 2. The van der Waals surface area contributed by atoms with Gasteiger partial charge in [-0.3, -0.25) is 4.79 Å². The summed E-state index contributed by atoms with van der Waals surface area (Å²) in [5.74, 6) is -1.28. The van der Waals surface area contributed by atoms with Crippen molar-refractivity contribution >= 4 is 12.0 Å². The van der Waals surface area contributed by atoms with Gasteiger partial charge in [0.05, 0.1) is 5.92 Å². The van der Waals surface area contributed by atoms with E-state index in [4.69, 9.17) is 5.11 Å². The SMILES string of the molecule is CC(C)N(CC(F)(F)F)C(=O)NC1CCC(C(=O)O)CC1. The van der Waals surface area contributed by atoms with E-state index in [0.29, 0.717) is 25.7 Å². The Balaban J connectivity index is 2.53. The molecule has 21 heavy (non-hydrogen) atoms. The van der Waals surface area contributed by atoms with Crippen LogP contribution in [0.3, 0.4) is 0 Å². The number of aliphatic carboxylic acids is 1. The van der Waals surface area contributed by atoms with Crippen LogP contribution in [-0.2, 0) is 4.79 Å². The number of carbonyl (C=O) groups is 2. The van der Waals surface area contributed by atoms with Gasteiger partial charge < -0.3 is 15.3 Å². The van der Waals surface area contributed by atoms with Crippen LogP contribution in [0.25, 0.3) is 0 Å². The van der Waals surface area contributed by atoms with Crippen molar-refractivity contribution in [1.82, 2.24) is 10.2 Å². The first-order valence-electron chi connectivity index (χ1n) is 6.97. The highest BCUT2D eigenvalue weighted by molar-refractivity contribution is 5.75. The minimum absolute atomic E-state index is 0.261. The molecule has 122 valence electrons. The van der Waals surface area contributed by atoms with E-state index in [1.807, 2.05) is 0 Å². The largest absolute Gasteiger partial charge is 0.481 e. The quantitative estimate of drug-likeness (QED) is 0.838. The number of nitrogens with zero attached hydrogens (tertiary/aromatic N) is 1. The van der Waals surface area contributed by atoms with E-state index in [-0.39, 0.29) is 6.04 Å². The molecule has 0 spiro atoms. The van der Waals surface area contributed by atoms with Gasteiger partial charge in [0.25, 0.3) is 0 Å². The molecule has 1 fully saturated rings. The van der Waals surface area contributed by atoms with Gasteiger partial charge in [0, 0.05) is 12.1 Å². The summed E-state index contributed by atoms with van der Waals surface area (Å²) in [7, 11) is 0. The maximum Gasteiger partial charge on any atom is 0.406 e.